The van der Waals surface area contributed by atoms with Crippen molar-refractivity contribution in [3.63, 3.8) is 0 Å². The molecule has 0 unspecified atom stereocenters. The van der Waals surface area contributed by atoms with Crippen molar-refractivity contribution in [1.82, 2.24) is 0 Å². The van der Waals surface area contributed by atoms with Gasteiger partial charge in [0.25, 0.3) is 0 Å². The van der Waals surface area contributed by atoms with Crippen LogP contribution in [0.15, 0.2) is 121 Å². The van der Waals surface area contributed by atoms with E-state index < -0.39 is 29.3 Å². The molecule has 4 aromatic carbocycles. The monoisotopic (exact) mass is 1210 g/mol. The van der Waals surface area contributed by atoms with E-state index >= 15 is 0 Å². The zero-order valence-corrected chi connectivity index (χ0v) is 50.2. The number of rotatable bonds is 32. The molecular weight excluding hydrogens is 1150 g/mol. The fourth-order valence-electron chi connectivity index (χ4n) is 5.99. The van der Waals surface area contributed by atoms with Gasteiger partial charge in [-0.2, -0.15) is 0 Å². The van der Waals surface area contributed by atoms with Crippen LogP contribution in [0.2, 0.25) is 0 Å². The zero-order valence-electron chi connectivity index (χ0n) is 40.4. The third-order valence-corrected chi connectivity index (χ3v) is 21.4. The van der Waals surface area contributed by atoms with Gasteiger partial charge in [0.15, 0.2) is 0 Å². The summed E-state index contributed by atoms with van der Waals surface area (Å²) in [5.74, 6) is 3.55. The molecule has 0 amide bonds. The van der Waals surface area contributed by atoms with E-state index in [-0.39, 0.29) is 52.1 Å². The predicted octanol–water partition coefficient (Wildman–Crippen LogP) is 15.1. The first-order chi connectivity index (χ1) is 35.5. The summed E-state index contributed by atoms with van der Waals surface area (Å²) in [6.07, 6.45) is 2.43. The molecule has 4 rings (SSSR count). The highest BCUT2D eigenvalue weighted by Gasteiger charge is 2.38. The normalized spacial score (nSPS) is 11.1. The molecule has 0 aliphatic rings. The molecule has 4 aromatic rings. The predicted molar refractivity (Wildman–Crippen MR) is 334 cm³/mol. The zero-order chi connectivity index (χ0) is 52.2. The van der Waals surface area contributed by atoms with Gasteiger partial charge in [-0.3, -0.25) is 19.2 Å². The molecule has 0 aliphatic heterocycles. The van der Waals surface area contributed by atoms with E-state index in [9.17, 15) is 19.2 Å². The number of carbonyl (C=O) groups is 4. The first-order valence-electron chi connectivity index (χ1n) is 23.4. The number of thioether (sulfide) groups is 8. The molecule has 0 spiro atoms. The second-order valence-corrected chi connectivity index (χ2v) is 29.1. The average Bonchev–Trinajstić information content (AvgIpc) is 3.41. The van der Waals surface area contributed by atoms with E-state index in [1.807, 2.05) is 72.8 Å². The molecule has 0 saturated heterocycles. The van der Waals surface area contributed by atoms with Crippen molar-refractivity contribution in [2.45, 2.75) is 74.4 Å². The van der Waals surface area contributed by atoms with E-state index in [1.54, 1.807) is 47.0 Å². The van der Waals surface area contributed by atoms with Gasteiger partial charge in [0, 0.05) is 48.7 Å². The van der Waals surface area contributed by atoms with Crippen LogP contribution in [0.3, 0.4) is 0 Å². The molecule has 0 atom stereocenters. The van der Waals surface area contributed by atoms with Gasteiger partial charge in [-0.25, -0.2) is 0 Å². The van der Waals surface area contributed by atoms with Gasteiger partial charge in [0.2, 0.25) is 0 Å². The Morgan fingerprint density at radius 3 is 0.740 bits per heavy atom. The fraction of sp³-hybridized carbons (Fsp3) is 0.396. The second-order valence-electron chi connectivity index (χ2n) is 16.0. The van der Waals surface area contributed by atoms with Crippen LogP contribution in [0, 0.1) is 5.41 Å². The van der Waals surface area contributed by atoms with E-state index in [1.165, 1.54) is 69.3 Å². The highest BCUT2D eigenvalue weighted by atomic mass is 32.2. The molecule has 0 N–H and O–H groups in total. The molecule has 0 bridgehead atoms. The molecule has 8 nitrogen and oxygen atoms in total. The first-order valence-corrected chi connectivity index (χ1v) is 32.9. The highest BCUT2D eigenvalue weighted by Crippen LogP contribution is 2.28. The summed E-state index contributed by atoms with van der Waals surface area (Å²) in [5.41, 5.74) is 3.33. The number of hydrogen-bond acceptors (Lipinski definition) is 20. The number of esters is 4. The van der Waals surface area contributed by atoms with Crippen LogP contribution >= 0.6 is 143 Å². The standard InChI is InChI=1S/C53H60O8S12/c54-45(25-13-29-66-49(62)70-33-41-17-5-1-6-18-41)58-37-53(38-59-46(55)26-14-30-67-50(63)71-34-42-19-7-2-8-20-42,39-60-47(56)27-15-31-68-51(64)72-35-43-21-9-3-10-22-43)40-61-48(57)28-16-32-69-52(65)73-36-44-23-11-4-12-24-44/h1-12,17-24H,13-16,25-40H2. The number of hydrogen-bond donors (Lipinski definition) is 0. The van der Waals surface area contributed by atoms with Crippen LogP contribution in [0.1, 0.15) is 73.6 Å². The van der Waals surface area contributed by atoms with Crippen molar-refractivity contribution in [2.75, 3.05) is 49.4 Å². The SMILES string of the molecule is O=C(CCCSC(=S)SCc1ccccc1)OCC(COC(=O)CCCSC(=S)SCc1ccccc1)(COC(=O)CCCSC(=S)SCc1ccccc1)COC(=O)CCCSC(=S)SCc1ccccc1. The smallest absolute Gasteiger partial charge is 0.305 e. The summed E-state index contributed by atoms with van der Waals surface area (Å²) < 4.78 is 26.5. The van der Waals surface area contributed by atoms with Crippen molar-refractivity contribution in [2.24, 2.45) is 5.41 Å². The Hall–Kier alpha value is -2.08. The molecule has 0 heterocycles. The summed E-state index contributed by atoms with van der Waals surface area (Å²) in [6.45, 7) is -1.31. The number of ether oxygens (including phenoxy) is 4. The third-order valence-electron chi connectivity index (χ3n) is 9.94. The first kappa shape index (κ1) is 63.5. The maximum absolute atomic E-state index is 13.3. The van der Waals surface area contributed by atoms with Gasteiger partial charge in [0.1, 0.15) is 46.0 Å². The topological polar surface area (TPSA) is 105 Å². The summed E-state index contributed by atoms with van der Waals surface area (Å²) in [6, 6.07) is 40.3. The fourth-order valence-corrected chi connectivity index (χ4v) is 14.5. The Morgan fingerprint density at radius 2 is 0.534 bits per heavy atom. The average molecular weight is 1210 g/mol. The van der Waals surface area contributed by atoms with Crippen LogP contribution in [0.5, 0.6) is 0 Å². The quantitative estimate of drug-likeness (QED) is 0.0200. The van der Waals surface area contributed by atoms with Crippen LogP contribution in [-0.2, 0) is 61.1 Å². The van der Waals surface area contributed by atoms with Crippen LogP contribution in [0.4, 0.5) is 0 Å². The van der Waals surface area contributed by atoms with E-state index in [0.717, 1.165) is 37.1 Å². The Morgan fingerprint density at radius 1 is 0.329 bits per heavy atom. The number of carbonyl (C=O) groups excluding carboxylic acids is 4. The van der Waals surface area contributed by atoms with E-state index in [0.29, 0.717) is 48.7 Å². The van der Waals surface area contributed by atoms with Gasteiger partial charge in [-0.15, -0.1) is 94.1 Å². The molecule has 0 aliphatic carbocycles. The van der Waals surface area contributed by atoms with Gasteiger partial charge >= 0.3 is 23.9 Å². The summed E-state index contributed by atoms with van der Waals surface area (Å²) in [4.78, 5) is 53.2. The Labute approximate surface area is 487 Å². The number of benzene rings is 4. The van der Waals surface area contributed by atoms with E-state index in [2.05, 4.69) is 48.5 Å². The molecule has 0 radical (unpaired) electrons. The Bertz CT molecular complexity index is 1970. The van der Waals surface area contributed by atoms with Gasteiger partial charge in [0.05, 0.1) is 0 Å². The lowest BCUT2D eigenvalue weighted by atomic mass is 9.92. The lowest BCUT2D eigenvalue weighted by Crippen LogP contribution is -2.44. The van der Waals surface area contributed by atoms with Crippen molar-refractivity contribution < 1.29 is 38.1 Å². The largest absolute Gasteiger partial charge is 0.465 e. The molecule has 0 saturated carbocycles. The van der Waals surface area contributed by atoms with Gasteiger partial charge in [-0.05, 0) is 70.9 Å². The Kier molecular flexibility index (Phi) is 34.2. The van der Waals surface area contributed by atoms with Crippen molar-refractivity contribution in [3.8, 4) is 0 Å². The molecule has 0 aromatic heterocycles. The molecule has 73 heavy (non-hydrogen) atoms. The maximum atomic E-state index is 13.3. The molecular formula is C53H60O8S12. The summed E-state index contributed by atoms with van der Waals surface area (Å²) >= 11 is 34.6. The molecule has 392 valence electrons. The van der Waals surface area contributed by atoms with Crippen LogP contribution in [0.25, 0.3) is 0 Å². The minimum Gasteiger partial charge on any atom is -0.465 e. The maximum Gasteiger partial charge on any atom is 0.305 e. The highest BCUT2D eigenvalue weighted by molar-refractivity contribution is 8.48. The molecule has 20 heteroatoms. The van der Waals surface area contributed by atoms with Gasteiger partial charge < -0.3 is 18.9 Å². The molecule has 0 fully saturated rings. The summed E-state index contributed by atoms with van der Waals surface area (Å²) in [7, 11) is 0. The van der Waals surface area contributed by atoms with Crippen LogP contribution in [-0.4, -0.2) is 87.4 Å². The second kappa shape index (κ2) is 39.3. The van der Waals surface area contributed by atoms with Gasteiger partial charge in [-0.1, -0.05) is 170 Å². The lowest BCUT2D eigenvalue weighted by molar-refractivity contribution is -0.170. The van der Waals surface area contributed by atoms with Crippen molar-refractivity contribution in [1.29, 1.82) is 0 Å². The minimum absolute atomic E-state index is 0.101. The summed E-state index contributed by atoms with van der Waals surface area (Å²) in [5, 5.41) is 0. The van der Waals surface area contributed by atoms with Crippen molar-refractivity contribution in [3.05, 3.63) is 144 Å². The van der Waals surface area contributed by atoms with Crippen LogP contribution < -0.4 is 0 Å². The van der Waals surface area contributed by atoms with Crippen molar-refractivity contribution >= 4 is 181 Å². The Balaban J connectivity index is 1.33. The van der Waals surface area contributed by atoms with E-state index in [4.69, 9.17) is 67.8 Å². The minimum atomic E-state index is -1.39. The third kappa shape index (κ3) is 31.1. The number of thiocarbonyl (C=S) groups is 4. The lowest BCUT2D eigenvalue weighted by Gasteiger charge is -2.31.